The molecule has 1 amide bonds. The maximum absolute atomic E-state index is 13.1. The van der Waals surface area contributed by atoms with Crippen molar-refractivity contribution in [2.24, 2.45) is 17.8 Å². The third-order valence-electron chi connectivity index (χ3n) is 7.96. The van der Waals surface area contributed by atoms with E-state index in [0.717, 1.165) is 57.4 Å². The Hall–Kier alpha value is -2.40. The van der Waals surface area contributed by atoms with Crippen LogP contribution in [0, 0.1) is 17.8 Å². The number of carbonyl (C=O) groups excluding carboxylic acids is 1. The highest BCUT2D eigenvalue weighted by Crippen LogP contribution is 2.55. The van der Waals surface area contributed by atoms with Crippen LogP contribution >= 0.6 is 0 Å². The van der Waals surface area contributed by atoms with Gasteiger partial charge in [-0.3, -0.25) is 4.79 Å². The van der Waals surface area contributed by atoms with Crippen LogP contribution in [0.2, 0.25) is 0 Å². The van der Waals surface area contributed by atoms with Gasteiger partial charge in [-0.2, -0.15) is 0 Å². The molecule has 2 heterocycles. The summed E-state index contributed by atoms with van der Waals surface area (Å²) in [4.78, 5) is 20.1. The SMILES string of the molecule is O=C(NC1C2CC3CC1CC(O)(C3)C2)c1cccc(N2CCc3ccccc3C2)n1. The Labute approximate surface area is 177 Å². The Kier molecular flexibility index (Phi) is 4.17. The summed E-state index contributed by atoms with van der Waals surface area (Å²) in [6.45, 7) is 1.75. The number of fused-ring (bicyclic) bond motifs is 1. The van der Waals surface area contributed by atoms with Gasteiger partial charge in [-0.1, -0.05) is 30.3 Å². The Balaban J connectivity index is 1.18. The number of anilines is 1. The second kappa shape index (κ2) is 6.81. The smallest absolute Gasteiger partial charge is 0.270 e. The fraction of sp³-hybridized carbons (Fsp3) is 0.520. The van der Waals surface area contributed by atoms with Crippen LogP contribution in [-0.4, -0.2) is 34.2 Å². The van der Waals surface area contributed by atoms with Gasteiger partial charge in [0.05, 0.1) is 5.60 Å². The van der Waals surface area contributed by atoms with E-state index in [1.807, 2.05) is 18.2 Å². The summed E-state index contributed by atoms with van der Waals surface area (Å²) in [5.74, 6) is 2.26. The van der Waals surface area contributed by atoms with Gasteiger partial charge in [0.2, 0.25) is 0 Å². The first-order chi connectivity index (χ1) is 14.6. The number of pyridine rings is 1. The molecule has 1 aliphatic heterocycles. The van der Waals surface area contributed by atoms with Gasteiger partial charge in [0.15, 0.2) is 0 Å². The maximum Gasteiger partial charge on any atom is 0.270 e. The summed E-state index contributed by atoms with van der Waals surface area (Å²) in [7, 11) is 0. The van der Waals surface area contributed by atoms with E-state index in [0.29, 0.717) is 23.4 Å². The normalized spacial score (nSPS) is 34.0. The van der Waals surface area contributed by atoms with Crippen LogP contribution in [-0.2, 0) is 13.0 Å². The molecule has 0 radical (unpaired) electrons. The van der Waals surface area contributed by atoms with Crippen LogP contribution in [0.25, 0.3) is 0 Å². The molecule has 156 valence electrons. The number of aliphatic hydroxyl groups is 1. The molecule has 2 N–H and O–H groups in total. The van der Waals surface area contributed by atoms with Gasteiger partial charge < -0.3 is 15.3 Å². The highest BCUT2D eigenvalue weighted by molar-refractivity contribution is 5.93. The molecule has 5 aliphatic rings. The van der Waals surface area contributed by atoms with Gasteiger partial charge in [-0.25, -0.2) is 4.98 Å². The zero-order chi connectivity index (χ0) is 20.3. The lowest BCUT2D eigenvalue weighted by Gasteiger charge is -2.58. The number of nitrogens with one attached hydrogen (secondary N) is 1. The summed E-state index contributed by atoms with van der Waals surface area (Å²) in [5.41, 5.74) is 2.78. The Morgan fingerprint density at radius 2 is 1.80 bits per heavy atom. The summed E-state index contributed by atoms with van der Waals surface area (Å²) in [6, 6.07) is 14.5. The van der Waals surface area contributed by atoms with Crippen molar-refractivity contribution >= 4 is 11.7 Å². The van der Waals surface area contributed by atoms with Gasteiger partial charge in [0.1, 0.15) is 11.5 Å². The third kappa shape index (κ3) is 3.11. The summed E-state index contributed by atoms with van der Waals surface area (Å²) in [6.07, 6.45) is 5.93. The minimum absolute atomic E-state index is 0.0706. The molecule has 0 saturated heterocycles. The lowest BCUT2D eigenvalue weighted by atomic mass is 9.52. The zero-order valence-corrected chi connectivity index (χ0v) is 17.3. The van der Waals surface area contributed by atoms with Gasteiger partial charge in [0, 0.05) is 19.1 Å². The molecule has 7 rings (SSSR count). The Morgan fingerprint density at radius 3 is 2.57 bits per heavy atom. The van der Waals surface area contributed by atoms with Gasteiger partial charge >= 0.3 is 0 Å². The van der Waals surface area contributed by atoms with Crippen molar-refractivity contribution in [3.63, 3.8) is 0 Å². The maximum atomic E-state index is 13.1. The number of hydrogen-bond acceptors (Lipinski definition) is 4. The first-order valence-electron chi connectivity index (χ1n) is 11.4. The number of carbonyl (C=O) groups is 1. The standard InChI is InChI=1S/C25H29N3O2/c29-24(27-23-19-10-16-11-20(23)14-25(30,12-16)13-19)21-6-3-7-22(26-21)28-9-8-17-4-1-2-5-18(17)15-28/h1-7,16,19-20,23,30H,8-15H2,(H,27,29). The van der Waals surface area contributed by atoms with E-state index < -0.39 is 5.60 Å². The first-order valence-corrected chi connectivity index (χ1v) is 11.4. The third-order valence-corrected chi connectivity index (χ3v) is 7.96. The molecule has 5 heteroatoms. The molecular formula is C25H29N3O2. The van der Waals surface area contributed by atoms with Crippen molar-refractivity contribution in [2.75, 3.05) is 11.4 Å². The first kappa shape index (κ1) is 18.4. The fourth-order valence-electron chi connectivity index (χ4n) is 6.86. The summed E-state index contributed by atoms with van der Waals surface area (Å²) < 4.78 is 0. The van der Waals surface area contributed by atoms with Crippen molar-refractivity contribution in [3.05, 3.63) is 59.3 Å². The lowest BCUT2D eigenvalue weighted by molar-refractivity contribution is -0.136. The number of benzene rings is 1. The van der Waals surface area contributed by atoms with Gasteiger partial charge in [-0.05, 0) is 79.5 Å². The summed E-state index contributed by atoms with van der Waals surface area (Å²) >= 11 is 0. The van der Waals surface area contributed by atoms with E-state index in [1.165, 1.54) is 11.1 Å². The van der Waals surface area contributed by atoms with E-state index in [9.17, 15) is 9.90 Å². The molecular weight excluding hydrogens is 374 g/mol. The van der Waals surface area contributed by atoms with E-state index in [1.54, 1.807) is 0 Å². The molecule has 4 bridgehead atoms. The molecule has 4 aliphatic carbocycles. The van der Waals surface area contributed by atoms with E-state index in [4.69, 9.17) is 4.98 Å². The number of nitrogens with zero attached hydrogens (tertiary/aromatic N) is 2. The average molecular weight is 404 g/mol. The predicted octanol–water partition coefficient (Wildman–Crippen LogP) is 3.31. The van der Waals surface area contributed by atoms with E-state index in [2.05, 4.69) is 34.5 Å². The van der Waals surface area contributed by atoms with Crippen molar-refractivity contribution < 1.29 is 9.90 Å². The molecule has 30 heavy (non-hydrogen) atoms. The second-order valence-corrected chi connectivity index (χ2v) is 10.0. The monoisotopic (exact) mass is 403 g/mol. The molecule has 0 spiro atoms. The van der Waals surface area contributed by atoms with Crippen LogP contribution in [0.1, 0.15) is 53.7 Å². The van der Waals surface area contributed by atoms with E-state index in [-0.39, 0.29) is 11.9 Å². The van der Waals surface area contributed by atoms with Gasteiger partial charge in [0.25, 0.3) is 5.91 Å². The minimum atomic E-state index is -0.472. The van der Waals surface area contributed by atoms with Crippen LogP contribution < -0.4 is 10.2 Å². The molecule has 4 fully saturated rings. The molecule has 4 saturated carbocycles. The number of amides is 1. The quantitative estimate of drug-likeness (QED) is 0.825. The summed E-state index contributed by atoms with van der Waals surface area (Å²) in [5, 5.41) is 14.1. The largest absolute Gasteiger partial charge is 0.390 e. The minimum Gasteiger partial charge on any atom is -0.390 e. The van der Waals surface area contributed by atoms with Crippen molar-refractivity contribution in [1.82, 2.24) is 10.3 Å². The number of rotatable bonds is 3. The fourth-order valence-corrected chi connectivity index (χ4v) is 6.86. The second-order valence-electron chi connectivity index (χ2n) is 10.0. The van der Waals surface area contributed by atoms with Crippen molar-refractivity contribution in [1.29, 1.82) is 0 Å². The molecule has 2 atom stereocenters. The van der Waals surface area contributed by atoms with Crippen LogP contribution in [0.15, 0.2) is 42.5 Å². The molecule has 1 aromatic carbocycles. The van der Waals surface area contributed by atoms with Crippen molar-refractivity contribution in [3.8, 4) is 0 Å². The Morgan fingerprint density at radius 1 is 1.03 bits per heavy atom. The van der Waals surface area contributed by atoms with E-state index >= 15 is 0 Å². The van der Waals surface area contributed by atoms with Gasteiger partial charge in [-0.15, -0.1) is 0 Å². The number of aromatic nitrogens is 1. The molecule has 2 unspecified atom stereocenters. The molecule has 2 aromatic rings. The number of hydrogen-bond donors (Lipinski definition) is 2. The lowest BCUT2D eigenvalue weighted by Crippen LogP contribution is -2.61. The van der Waals surface area contributed by atoms with Crippen molar-refractivity contribution in [2.45, 2.75) is 56.7 Å². The Bertz CT molecular complexity index is 974. The zero-order valence-electron chi connectivity index (χ0n) is 17.3. The molecule has 5 nitrogen and oxygen atoms in total. The molecule has 1 aromatic heterocycles. The topological polar surface area (TPSA) is 65.5 Å². The highest BCUT2D eigenvalue weighted by Gasteiger charge is 2.55. The van der Waals surface area contributed by atoms with Crippen LogP contribution in [0.3, 0.4) is 0 Å². The average Bonchev–Trinajstić information content (AvgIpc) is 2.75. The predicted molar refractivity (Wildman–Crippen MR) is 115 cm³/mol. The van der Waals surface area contributed by atoms with Crippen LogP contribution in [0.5, 0.6) is 0 Å². The van der Waals surface area contributed by atoms with Crippen LogP contribution in [0.4, 0.5) is 5.82 Å². The highest BCUT2D eigenvalue weighted by atomic mass is 16.3.